The summed E-state index contributed by atoms with van der Waals surface area (Å²) in [6.45, 7) is 9.18. The van der Waals surface area contributed by atoms with Crippen LogP contribution in [0.5, 0.6) is 0 Å². The van der Waals surface area contributed by atoms with Crippen LogP contribution in [-0.4, -0.2) is 38.6 Å². The molecule has 3 aromatic rings. The second kappa shape index (κ2) is 7.40. The van der Waals surface area contributed by atoms with Crippen LogP contribution in [0.1, 0.15) is 63.1 Å². The molecule has 0 aromatic carbocycles. The van der Waals surface area contributed by atoms with Crippen molar-refractivity contribution in [2.45, 2.75) is 64.8 Å². The number of hydrogen-bond acceptors (Lipinski definition) is 5. The van der Waals surface area contributed by atoms with Crippen LogP contribution in [0.3, 0.4) is 0 Å². The summed E-state index contributed by atoms with van der Waals surface area (Å²) < 4.78 is 3.49. The first-order chi connectivity index (χ1) is 13.0. The fourth-order valence-corrected chi connectivity index (χ4v) is 5.63. The van der Waals surface area contributed by atoms with Crippen molar-refractivity contribution in [3.05, 3.63) is 16.8 Å². The van der Waals surface area contributed by atoms with E-state index in [0.29, 0.717) is 17.8 Å². The van der Waals surface area contributed by atoms with Gasteiger partial charge < -0.3 is 15.2 Å². The zero-order valence-electron chi connectivity index (χ0n) is 17.0. The topological polar surface area (TPSA) is 60.0 Å². The number of aryl methyl sites for hydroxylation is 2. The molecular weight excluding hydrogens is 354 g/mol. The van der Waals surface area contributed by atoms with Gasteiger partial charge in [-0.2, -0.15) is 0 Å². The molecule has 0 aliphatic carbocycles. The number of fused-ring (bicyclic) bond motifs is 3. The monoisotopic (exact) mass is 385 g/mol. The van der Waals surface area contributed by atoms with E-state index in [-0.39, 0.29) is 0 Å². The van der Waals surface area contributed by atoms with Crippen LogP contribution in [0.25, 0.3) is 21.3 Å². The number of piperidine rings is 1. The number of thiophene rings is 1. The molecule has 1 aliphatic heterocycles. The van der Waals surface area contributed by atoms with Crippen LogP contribution in [0, 0.1) is 0 Å². The molecule has 0 atom stereocenters. The van der Waals surface area contributed by atoms with Crippen molar-refractivity contribution in [2.75, 3.05) is 18.8 Å². The van der Waals surface area contributed by atoms with Gasteiger partial charge in [-0.25, -0.2) is 9.97 Å². The third-order valence-corrected chi connectivity index (χ3v) is 7.33. The predicted molar refractivity (Wildman–Crippen MR) is 116 cm³/mol. The predicted octanol–water partition coefficient (Wildman–Crippen LogP) is 4.70. The van der Waals surface area contributed by atoms with E-state index in [0.717, 1.165) is 29.7 Å². The van der Waals surface area contributed by atoms with Crippen molar-refractivity contribution >= 4 is 38.4 Å². The van der Waals surface area contributed by atoms with Crippen molar-refractivity contribution in [1.82, 2.24) is 19.4 Å². The lowest BCUT2D eigenvalue weighted by atomic mass is 9.94. The van der Waals surface area contributed by atoms with Gasteiger partial charge in [0.05, 0.1) is 15.7 Å². The first kappa shape index (κ1) is 18.7. The molecule has 6 heteroatoms. The first-order valence-corrected chi connectivity index (χ1v) is 11.1. The van der Waals surface area contributed by atoms with Gasteiger partial charge in [0.25, 0.3) is 0 Å². The minimum atomic E-state index is 0.565. The van der Waals surface area contributed by atoms with E-state index in [1.165, 1.54) is 47.4 Å². The number of anilines is 1. The van der Waals surface area contributed by atoms with Crippen LogP contribution >= 0.6 is 11.3 Å². The summed E-state index contributed by atoms with van der Waals surface area (Å²) >= 11 is 1.91. The molecule has 1 saturated heterocycles. The van der Waals surface area contributed by atoms with Gasteiger partial charge in [-0.1, -0.05) is 13.3 Å². The first-order valence-electron chi connectivity index (χ1n) is 10.3. The van der Waals surface area contributed by atoms with E-state index in [1.54, 1.807) is 0 Å². The van der Waals surface area contributed by atoms with Gasteiger partial charge in [-0.15, -0.1) is 11.3 Å². The Morgan fingerprint density at radius 3 is 2.67 bits per heavy atom. The Hall–Kier alpha value is -1.66. The molecule has 0 radical (unpaired) electrons. The fraction of sp³-hybridized carbons (Fsp3) is 0.619. The molecule has 1 fully saturated rings. The van der Waals surface area contributed by atoms with Crippen molar-refractivity contribution in [3.63, 3.8) is 0 Å². The van der Waals surface area contributed by atoms with Gasteiger partial charge in [0.2, 0.25) is 0 Å². The standard InChI is InChI=1S/C21H31N5S/c1-5-6-7-17-24-18-19(25(17)4)20-15(23-21(18)22)12-16(27-20)14-8-10-26(11-9-14)13(2)3/h12-14H,5-11H2,1-4H3,(H2,22,23). The number of unbranched alkanes of at least 4 members (excludes halogenated alkanes) is 1. The molecule has 4 heterocycles. The Balaban J connectivity index is 1.72. The van der Waals surface area contributed by atoms with Gasteiger partial charge in [-0.3, -0.25) is 0 Å². The van der Waals surface area contributed by atoms with Crippen molar-refractivity contribution < 1.29 is 0 Å². The number of likely N-dealkylation sites (tertiary alicyclic amines) is 1. The maximum atomic E-state index is 6.28. The molecular formula is C21H31N5S. The van der Waals surface area contributed by atoms with Crippen molar-refractivity contribution in [1.29, 1.82) is 0 Å². The molecule has 3 aromatic heterocycles. The largest absolute Gasteiger partial charge is 0.382 e. The smallest absolute Gasteiger partial charge is 0.152 e. The minimum absolute atomic E-state index is 0.565. The molecule has 0 bridgehead atoms. The quantitative estimate of drug-likeness (QED) is 0.692. The molecule has 5 nitrogen and oxygen atoms in total. The van der Waals surface area contributed by atoms with E-state index in [1.807, 2.05) is 11.3 Å². The number of nitrogen functional groups attached to an aromatic ring is 1. The number of nitrogens with two attached hydrogens (primary N) is 1. The van der Waals surface area contributed by atoms with Crippen LogP contribution in [0.2, 0.25) is 0 Å². The lowest BCUT2D eigenvalue weighted by Crippen LogP contribution is -2.37. The highest BCUT2D eigenvalue weighted by atomic mass is 32.1. The van der Waals surface area contributed by atoms with Crippen LogP contribution in [0.4, 0.5) is 5.82 Å². The maximum absolute atomic E-state index is 6.28. The van der Waals surface area contributed by atoms with E-state index >= 15 is 0 Å². The van der Waals surface area contributed by atoms with Crippen molar-refractivity contribution in [2.24, 2.45) is 7.05 Å². The highest BCUT2D eigenvalue weighted by Gasteiger charge is 2.25. The van der Waals surface area contributed by atoms with Crippen LogP contribution < -0.4 is 5.73 Å². The molecule has 0 amide bonds. The highest BCUT2D eigenvalue weighted by Crippen LogP contribution is 2.40. The normalized spacial score (nSPS) is 16.9. The number of nitrogens with zero attached hydrogens (tertiary/aromatic N) is 4. The minimum Gasteiger partial charge on any atom is -0.382 e. The molecule has 0 unspecified atom stereocenters. The lowest BCUT2D eigenvalue weighted by molar-refractivity contribution is 0.173. The highest BCUT2D eigenvalue weighted by molar-refractivity contribution is 7.20. The van der Waals surface area contributed by atoms with Crippen molar-refractivity contribution in [3.8, 4) is 0 Å². The Bertz CT molecular complexity index is 947. The summed E-state index contributed by atoms with van der Waals surface area (Å²) in [5.41, 5.74) is 9.36. The second-order valence-electron chi connectivity index (χ2n) is 8.15. The summed E-state index contributed by atoms with van der Waals surface area (Å²) in [7, 11) is 2.12. The van der Waals surface area contributed by atoms with Gasteiger partial charge in [0.15, 0.2) is 5.82 Å². The summed E-state index contributed by atoms with van der Waals surface area (Å²) in [5.74, 6) is 2.33. The average Bonchev–Trinajstić information content (AvgIpc) is 3.21. The molecule has 0 spiro atoms. The molecule has 0 saturated carbocycles. The lowest BCUT2D eigenvalue weighted by Gasteiger charge is -2.34. The molecule has 27 heavy (non-hydrogen) atoms. The number of aromatic nitrogens is 3. The molecule has 146 valence electrons. The Kier molecular flexibility index (Phi) is 5.12. The van der Waals surface area contributed by atoms with Crippen LogP contribution in [0.15, 0.2) is 6.07 Å². The average molecular weight is 386 g/mol. The summed E-state index contributed by atoms with van der Waals surface area (Å²) in [5, 5.41) is 0. The SMILES string of the molecule is CCCCc1nc2c(N)nc3cc(C4CCN(C(C)C)CC4)sc3c2n1C. The molecule has 1 aliphatic rings. The van der Waals surface area contributed by atoms with Crippen LogP contribution in [-0.2, 0) is 13.5 Å². The Labute approximate surface area is 165 Å². The summed E-state index contributed by atoms with van der Waals surface area (Å²) in [6.07, 6.45) is 5.78. The van der Waals surface area contributed by atoms with Gasteiger partial charge in [-0.05, 0) is 58.2 Å². The third-order valence-electron chi connectivity index (χ3n) is 6.03. The Morgan fingerprint density at radius 2 is 2.00 bits per heavy atom. The Morgan fingerprint density at radius 1 is 1.26 bits per heavy atom. The molecule has 4 rings (SSSR count). The van der Waals surface area contributed by atoms with Gasteiger partial charge in [0.1, 0.15) is 11.3 Å². The third kappa shape index (κ3) is 3.34. The number of imidazole rings is 1. The zero-order chi connectivity index (χ0) is 19.1. The summed E-state index contributed by atoms with van der Waals surface area (Å²) in [4.78, 5) is 13.6. The fourth-order valence-electron chi connectivity index (χ4n) is 4.28. The summed E-state index contributed by atoms with van der Waals surface area (Å²) in [6, 6.07) is 2.93. The number of rotatable bonds is 5. The van der Waals surface area contributed by atoms with Gasteiger partial charge >= 0.3 is 0 Å². The van der Waals surface area contributed by atoms with E-state index in [9.17, 15) is 0 Å². The second-order valence-corrected chi connectivity index (χ2v) is 9.24. The van der Waals surface area contributed by atoms with E-state index < -0.39 is 0 Å². The number of pyridine rings is 1. The van der Waals surface area contributed by atoms with Gasteiger partial charge in [0, 0.05) is 24.4 Å². The maximum Gasteiger partial charge on any atom is 0.152 e. The number of hydrogen-bond donors (Lipinski definition) is 1. The zero-order valence-corrected chi connectivity index (χ0v) is 17.8. The van der Waals surface area contributed by atoms with E-state index in [4.69, 9.17) is 15.7 Å². The van der Waals surface area contributed by atoms with E-state index in [2.05, 4.69) is 43.4 Å². The molecule has 2 N–H and O–H groups in total.